The first-order valence-electron chi connectivity index (χ1n) is 6.85. The summed E-state index contributed by atoms with van der Waals surface area (Å²) in [7, 11) is 1.59. The average Bonchev–Trinajstić information content (AvgIpc) is 2.52. The van der Waals surface area contributed by atoms with Crippen molar-refractivity contribution in [1.82, 2.24) is 0 Å². The van der Waals surface area contributed by atoms with Crippen LogP contribution in [-0.2, 0) is 6.42 Å². The van der Waals surface area contributed by atoms with Crippen LogP contribution in [0.5, 0.6) is 5.75 Å². The summed E-state index contributed by atoms with van der Waals surface area (Å²) in [5.74, 6) is 0.437. The predicted molar refractivity (Wildman–Crippen MR) is 80.0 cm³/mol. The van der Waals surface area contributed by atoms with Crippen LogP contribution in [0.3, 0.4) is 0 Å². The summed E-state index contributed by atoms with van der Waals surface area (Å²) in [6.07, 6.45) is 3.37. The van der Waals surface area contributed by atoms with Gasteiger partial charge in [0.25, 0.3) is 0 Å². The molecule has 0 atom stereocenters. The second-order valence-electron chi connectivity index (χ2n) is 5.07. The number of allylic oxidation sites excluding steroid dienone is 1. The van der Waals surface area contributed by atoms with Gasteiger partial charge in [0, 0.05) is 11.1 Å². The first-order chi connectivity index (χ1) is 10.2. The van der Waals surface area contributed by atoms with E-state index < -0.39 is 0 Å². The molecule has 0 heterocycles. The molecule has 2 aromatic rings. The Morgan fingerprint density at radius 3 is 2.57 bits per heavy atom. The smallest absolute Gasteiger partial charge is 0.189 e. The Morgan fingerprint density at radius 2 is 1.86 bits per heavy atom. The number of ether oxygens (including phenoxy) is 1. The van der Waals surface area contributed by atoms with E-state index >= 15 is 0 Å². The van der Waals surface area contributed by atoms with Crippen LogP contribution < -0.4 is 4.74 Å². The SMILES string of the molecule is COc1ccc2c(c1)C(=O)C(=Cc1ccc(F)cc1)CC2. The van der Waals surface area contributed by atoms with Gasteiger partial charge in [0.2, 0.25) is 0 Å². The van der Waals surface area contributed by atoms with Crippen LogP contribution in [0, 0.1) is 5.82 Å². The van der Waals surface area contributed by atoms with Crippen LogP contribution in [0.25, 0.3) is 6.08 Å². The minimum absolute atomic E-state index is 0.0273. The maximum atomic E-state index is 12.9. The molecule has 0 saturated carbocycles. The zero-order chi connectivity index (χ0) is 14.8. The summed E-state index contributed by atoms with van der Waals surface area (Å²) in [4.78, 5) is 12.6. The van der Waals surface area contributed by atoms with Gasteiger partial charge in [-0.2, -0.15) is 0 Å². The third kappa shape index (κ3) is 2.72. The van der Waals surface area contributed by atoms with Gasteiger partial charge in [-0.15, -0.1) is 0 Å². The maximum absolute atomic E-state index is 12.9. The summed E-state index contributed by atoms with van der Waals surface area (Å²) in [6.45, 7) is 0. The van der Waals surface area contributed by atoms with E-state index in [9.17, 15) is 9.18 Å². The minimum Gasteiger partial charge on any atom is -0.497 e. The molecule has 106 valence electrons. The molecule has 0 aliphatic heterocycles. The van der Waals surface area contributed by atoms with E-state index in [0.29, 0.717) is 17.7 Å². The van der Waals surface area contributed by atoms with Crippen LogP contribution in [-0.4, -0.2) is 12.9 Å². The summed E-state index contributed by atoms with van der Waals surface area (Å²) in [6, 6.07) is 11.8. The van der Waals surface area contributed by atoms with Gasteiger partial charge in [-0.1, -0.05) is 18.2 Å². The van der Waals surface area contributed by atoms with Crippen molar-refractivity contribution >= 4 is 11.9 Å². The van der Waals surface area contributed by atoms with Gasteiger partial charge in [0.15, 0.2) is 5.78 Å². The zero-order valence-corrected chi connectivity index (χ0v) is 11.7. The van der Waals surface area contributed by atoms with E-state index in [1.54, 1.807) is 25.3 Å². The molecule has 0 unspecified atom stereocenters. The molecule has 0 saturated heterocycles. The average molecular weight is 282 g/mol. The third-order valence-electron chi connectivity index (χ3n) is 3.73. The van der Waals surface area contributed by atoms with Crippen molar-refractivity contribution in [3.63, 3.8) is 0 Å². The number of methoxy groups -OCH3 is 1. The van der Waals surface area contributed by atoms with Crippen molar-refractivity contribution in [3.8, 4) is 5.75 Å². The van der Waals surface area contributed by atoms with Crippen molar-refractivity contribution in [1.29, 1.82) is 0 Å². The molecule has 0 bridgehead atoms. The summed E-state index contributed by atoms with van der Waals surface area (Å²) in [5.41, 5.74) is 3.35. The second kappa shape index (κ2) is 5.52. The fraction of sp³-hybridized carbons (Fsp3) is 0.167. The minimum atomic E-state index is -0.276. The van der Waals surface area contributed by atoms with Crippen molar-refractivity contribution in [2.45, 2.75) is 12.8 Å². The van der Waals surface area contributed by atoms with Gasteiger partial charge >= 0.3 is 0 Å². The van der Waals surface area contributed by atoms with Gasteiger partial charge < -0.3 is 4.74 Å². The number of carbonyl (C=O) groups excluding carboxylic acids is 1. The Kier molecular flexibility index (Phi) is 3.57. The predicted octanol–water partition coefficient (Wildman–Crippen LogP) is 4.05. The van der Waals surface area contributed by atoms with E-state index in [1.807, 2.05) is 18.2 Å². The van der Waals surface area contributed by atoms with Crippen molar-refractivity contribution < 1.29 is 13.9 Å². The van der Waals surface area contributed by atoms with E-state index in [1.165, 1.54) is 12.1 Å². The van der Waals surface area contributed by atoms with E-state index in [2.05, 4.69) is 0 Å². The van der Waals surface area contributed by atoms with Gasteiger partial charge in [-0.05, 0) is 54.3 Å². The topological polar surface area (TPSA) is 26.3 Å². The molecule has 1 aliphatic carbocycles. The number of ketones is 1. The molecule has 0 aromatic heterocycles. The number of Topliss-reactive ketones (excluding diaryl/α,β-unsaturated/α-hetero) is 1. The monoisotopic (exact) mass is 282 g/mol. The standard InChI is InChI=1S/C18H15FO2/c1-21-16-9-6-13-4-5-14(18(20)17(13)11-16)10-12-2-7-15(19)8-3-12/h2-3,6-11H,4-5H2,1H3. The van der Waals surface area contributed by atoms with Crippen molar-refractivity contribution in [3.05, 3.63) is 70.5 Å². The molecule has 1 aliphatic rings. The lowest BCUT2D eigenvalue weighted by molar-refractivity contribution is 0.102. The van der Waals surface area contributed by atoms with Crippen molar-refractivity contribution in [2.75, 3.05) is 7.11 Å². The molecule has 3 heteroatoms. The molecule has 3 rings (SSSR count). The van der Waals surface area contributed by atoms with Gasteiger partial charge in [0.05, 0.1) is 7.11 Å². The van der Waals surface area contributed by atoms with Gasteiger partial charge in [0.1, 0.15) is 11.6 Å². The van der Waals surface area contributed by atoms with Crippen molar-refractivity contribution in [2.24, 2.45) is 0 Å². The van der Waals surface area contributed by atoms with Gasteiger partial charge in [-0.3, -0.25) is 4.79 Å². The lowest BCUT2D eigenvalue weighted by Gasteiger charge is -2.18. The largest absolute Gasteiger partial charge is 0.497 e. The summed E-state index contributed by atoms with van der Waals surface area (Å²) >= 11 is 0. The molecule has 0 spiro atoms. The number of carbonyl (C=O) groups is 1. The summed E-state index contributed by atoms with van der Waals surface area (Å²) < 4.78 is 18.1. The number of hydrogen-bond donors (Lipinski definition) is 0. The van der Waals surface area contributed by atoms with E-state index in [-0.39, 0.29) is 11.6 Å². The molecule has 2 nitrogen and oxygen atoms in total. The molecule has 21 heavy (non-hydrogen) atoms. The zero-order valence-electron chi connectivity index (χ0n) is 11.7. The Bertz CT molecular complexity index is 714. The van der Waals surface area contributed by atoms with Crippen LogP contribution in [0.1, 0.15) is 27.9 Å². The highest BCUT2D eigenvalue weighted by Gasteiger charge is 2.22. The normalized spacial score (nSPS) is 15.9. The van der Waals surface area contributed by atoms with Crippen LogP contribution in [0.2, 0.25) is 0 Å². The number of aryl methyl sites for hydroxylation is 1. The number of rotatable bonds is 2. The molecule has 0 amide bonds. The highest BCUT2D eigenvalue weighted by molar-refractivity contribution is 6.13. The highest BCUT2D eigenvalue weighted by Crippen LogP contribution is 2.29. The van der Waals surface area contributed by atoms with Crippen LogP contribution >= 0.6 is 0 Å². The molecule has 0 fully saturated rings. The third-order valence-corrected chi connectivity index (χ3v) is 3.73. The molecular formula is C18H15FO2. The molecule has 2 aromatic carbocycles. The lowest BCUT2D eigenvalue weighted by atomic mass is 9.86. The van der Waals surface area contributed by atoms with Crippen LogP contribution in [0.15, 0.2) is 48.0 Å². The fourth-order valence-electron chi connectivity index (χ4n) is 2.57. The number of halogens is 1. The maximum Gasteiger partial charge on any atom is 0.189 e. The number of benzene rings is 2. The van der Waals surface area contributed by atoms with Gasteiger partial charge in [-0.25, -0.2) is 4.39 Å². The second-order valence-corrected chi connectivity index (χ2v) is 5.07. The lowest BCUT2D eigenvalue weighted by Crippen LogP contribution is -2.14. The fourth-order valence-corrected chi connectivity index (χ4v) is 2.57. The molecule has 0 radical (unpaired) electrons. The van der Waals surface area contributed by atoms with Crippen LogP contribution in [0.4, 0.5) is 4.39 Å². The Balaban J connectivity index is 1.96. The Hall–Kier alpha value is -2.42. The number of fused-ring (bicyclic) bond motifs is 1. The number of hydrogen-bond acceptors (Lipinski definition) is 2. The first-order valence-corrected chi connectivity index (χ1v) is 6.85. The molecular weight excluding hydrogens is 267 g/mol. The Labute approximate surface area is 122 Å². The Morgan fingerprint density at radius 1 is 1.10 bits per heavy atom. The highest BCUT2D eigenvalue weighted by atomic mass is 19.1. The quantitative estimate of drug-likeness (QED) is 0.777. The summed E-state index contributed by atoms with van der Waals surface area (Å²) in [5, 5.41) is 0. The van der Waals surface area contributed by atoms with E-state index in [4.69, 9.17) is 4.74 Å². The van der Waals surface area contributed by atoms with E-state index in [0.717, 1.165) is 23.1 Å². The first kappa shape index (κ1) is 13.6. The molecule has 0 N–H and O–H groups in total.